The topological polar surface area (TPSA) is 67.3 Å². The van der Waals surface area contributed by atoms with Crippen LogP contribution in [0.1, 0.15) is 22.2 Å². The van der Waals surface area contributed by atoms with Crippen LogP contribution >= 0.6 is 0 Å². The molecular weight excluding hydrogens is 364 g/mol. The summed E-state index contributed by atoms with van der Waals surface area (Å²) in [5, 5.41) is 3.46. The van der Waals surface area contributed by atoms with E-state index in [1.807, 2.05) is 72.8 Å². The molecule has 6 nitrogen and oxygen atoms in total. The maximum absolute atomic E-state index is 13.4. The Kier molecular flexibility index (Phi) is 4.09. The summed E-state index contributed by atoms with van der Waals surface area (Å²) in [7, 11) is 1.62. The van der Waals surface area contributed by atoms with E-state index in [9.17, 15) is 4.79 Å². The maximum Gasteiger partial charge on any atom is 0.262 e. The van der Waals surface area contributed by atoms with E-state index in [1.165, 1.54) is 0 Å². The van der Waals surface area contributed by atoms with Crippen molar-refractivity contribution in [2.75, 3.05) is 17.3 Å². The summed E-state index contributed by atoms with van der Waals surface area (Å²) >= 11 is 0. The van der Waals surface area contributed by atoms with E-state index in [2.05, 4.69) is 10.3 Å². The number of nitrogens with one attached hydrogen (secondary N) is 1. The molecule has 6 heteroatoms. The molecule has 0 bridgehead atoms. The molecule has 0 radical (unpaired) electrons. The smallest absolute Gasteiger partial charge is 0.262 e. The van der Waals surface area contributed by atoms with E-state index in [0.29, 0.717) is 11.3 Å². The second-order valence-electron chi connectivity index (χ2n) is 6.75. The van der Waals surface area contributed by atoms with Crippen LogP contribution in [-0.2, 0) is 0 Å². The van der Waals surface area contributed by atoms with Crippen molar-refractivity contribution in [3.63, 3.8) is 0 Å². The number of hydrogen-bond acceptors (Lipinski definition) is 5. The highest BCUT2D eigenvalue weighted by Crippen LogP contribution is 2.36. The molecule has 3 aromatic carbocycles. The second-order valence-corrected chi connectivity index (χ2v) is 6.75. The number of aromatic nitrogens is 2. The molecule has 2 heterocycles. The number of methoxy groups -OCH3 is 1. The molecule has 1 amide bonds. The van der Waals surface area contributed by atoms with Gasteiger partial charge in [0.2, 0.25) is 0 Å². The third-order valence-electron chi connectivity index (χ3n) is 5.02. The molecular formula is C23H18N4O2. The van der Waals surface area contributed by atoms with E-state index in [-0.39, 0.29) is 5.91 Å². The van der Waals surface area contributed by atoms with Gasteiger partial charge in [-0.15, -0.1) is 0 Å². The Hall–Kier alpha value is -3.93. The number of nitrogens with zero attached hydrogens (tertiary/aromatic N) is 3. The van der Waals surface area contributed by atoms with Gasteiger partial charge in [0.15, 0.2) is 6.17 Å². The number of para-hydroxylation sites is 3. The van der Waals surface area contributed by atoms with Crippen LogP contribution in [0.3, 0.4) is 0 Å². The molecule has 0 aliphatic carbocycles. The minimum absolute atomic E-state index is 0.0931. The number of carbonyl (C=O) groups excluding carboxylic acids is 1. The van der Waals surface area contributed by atoms with Gasteiger partial charge in [-0.1, -0.05) is 24.3 Å². The van der Waals surface area contributed by atoms with Gasteiger partial charge in [-0.25, -0.2) is 4.98 Å². The van der Waals surface area contributed by atoms with E-state index in [0.717, 1.165) is 28.2 Å². The Balaban J connectivity index is 1.65. The minimum atomic E-state index is -0.483. The monoisotopic (exact) mass is 382 g/mol. The number of rotatable bonds is 3. The Bertz CT molecular complexity index is 1210. The zero-order valence-corrected chi connectivity index (χ0v) is 15.7. The zero-order chi connectivity index (χ0) is 19.8. The van der Waals surface area contributed by atoms with Gasteiger partial charge in [0.05, 0.1) is 29.9 Å². The molecule has 0 fully saturated rings. The number of hydrogen-bond donors (Lipinski definition) is 1. The van der Waals surface area contributed by atoms with Crippen molar-refractivity contribution in [1.82, 2.24) is 9.97 Å². The molecule has 0 saturated carbocycles. The van der Waals surface area contributed by atoms with Crippen molar-refractivity contribution in [2.24, 2.45) is 0 Å². The standard InChI is InChI=1S/C23H18N4O2/c1-29-16-12-10-15(11-13-16)27-22(26-18-7-3-2-6-17(18)23(27)28)21-14-24-19-8-4-5-9-20(19)25-21/h2-14,22,26H,1H3. The average molecular weight is 382 g/mol. The first-order chi connectivity index (χ1) is 14.2. The second kappa shape index (κ2) is 6.91. The zero-order valence-electron chi connectivity index (χ0n) is 15.7. The Morgan fingerprint density at radius 3 is 2.45 bits per heavy atom. The summed E-state index contributed by atoms with van der Waals surface area (Å²) in [4.78, 5) is 24.4. The van der Waals surface area contributed by atoms with Gasteiger partial charge in [0, 0.05) is 11.4 Å². The van der Waals surface area contributed by atoms with Crippen molar-refractivity contribution in [3.8, 4) is 5.75 Å². The highest BCUT2D eigenvalue weighted by Gasteiger charge is 2.35. The van der Waals surface area contributed by atoms with Crippen LogP contribution in [0.5, 0.6) is 5.75 Å². The fraction of sp³-hybridized carbons (Fsp3) is 0.0870. The molecule has 1 unspecified atom stereocenters. The molecule has 0 spiro atoms. The van der Waals surface area contributed by atoms with Crippen molar-refractivity contribution >= 4 is 28.3 Å². The fourth-order valence-corrected chi connectivity index (χ4v) is 3.57. The van der Waals surface area contributed by atoms with Gasteiger partial charge < -0.3 is 10.1 Å². The molecule has 5 rings (SSSR count). The molecule has 1 atom stereocenters. The van der Waals surface area contributed by atoms with Crippen molar-refractivity contribution in [2.45, 2.75) is 6.17 Å². The van der Waals surface area contributed by atoms with Crippen LogP contribution in [0.2, 0.25) is 0 Å². The minimum Gasteiger partial charge on any atom is -0.497 e. The largest absolute Gasteiger partial charge is 0.497 e. The molecule has 1 aliphatic rings. The van der Waals surface area contributed by atoms with E-state index >= 15 is 0 Å². The maximum atomic E-state index is 13.4. The Morgan fingerprint density at radius 1 is 0.931 bits per heavy atom. The fourth-order valence-electron chi connectivity index (χ4n) is 3.57. The number of amides is 1. The molecule has 142 valence electrons. The average Bonchev–Trinajstić information content (AvgIpc) is 2.79. The number of anilines is 2. The third-order valence-corrected chi connectivity index (χ3v) is 5.02. The van der Waals surface area contributed by atoms with Crippen LogP contribution in [0.4, 0.5) is 11.4 Å². The SMILES string of the molecule is COc1ccc(N2C(=O)c3ccccc3NC2c2cnc3ccccc3n2)cc1. The highest BCUT2D eigenvalue weighted by atomic mass is 16.5. The Labute approximate surface area is 167 Å². The molecule has 1 aliphatic heterocycles. The molecule has 29 heavy (non-hydrogen) atoms. The number of benzene rings is 3. The van der Waals surface area contributed by atoms with Crippen LogP contribution in [0, 0.1) is 0 Å². The highest BCUT2D eigenvalue weighted by molar-refractivity contribution is 6.12. The number of carbonyl (C=O) groups is 1. The summed E-state index contributed by atoms with van der Waals surface area (Å²) in [6, 6.07) is 22.6. The first kappa shape index (κ1) is 17.2. The molecule has 0 saturated heterocycles. The summed E-state index contributed by atoms with van der Waals surface area (Å²) in [5.74, 6) is 0.637. The predicted octanol–water partition coefficient (Wildman–Crippen LogP) is 4.41. The molecule has 4 aromatic rings. The first-order valence-corrected chi connectivity index (χ1v) is 9.29. The van der Waals surface area contributed by atoms with Gasteiger partial charge in [-0.3, -0.25) is 14.7 Å². The summed E-state index contributed by atoms with van der Waals surface area (Å²) in [6.07, 6.45) is 1.24. The van der Waals surface area contributed by atoms with Crippen LogP contribution < -0.4 is 15.0 Å². The first-order valence-electron chi connectivity index (χ1n) is 9.29. The van der Waals surface area contributed by atoms with Crippen molar-refractivity contribution in [3.05, 3.63) is 90.3 Å². The summed E-state index contributed by atoms with van der Waals surface area (Å²) in [6.45, 7) is 0. The van der Waals surface area contributed by atoms with Crippen molar-refractivity contribution in [1.29, 1.82) is 0 Å². The molecule has 1 N–H and O–H groups in total. The van der Waals surface area contributed by atoms with Gasteiger partial charge in [0.1, 0.15) is 11.4 Å². The van der Waals surface area contributed by atoms with Gasteiger partial charge in [0.25, 0.3) is 5.91 Å². The van der Waals surface area contributed by atoms with Crippen molar-refractivity contribution < 1.29 is 9.53 Å². The lowest BCUT2D eigenvalue weighted by atomic mass is 10.0. The van der Waals surface area contributed by atoms with E-state index < -0.39 is 6.17 Å². The van der Waals surface area contributed by atoms with Crippen LogP contribution in [0.25, 0.3) is 11.0 Å². The Morgan fingerprint density at radius 2 is 1.66 bits per heavy atom. The number of ether oxygens (including phenoxy) is 1. The van der Waals surface area contributed by atoms with Crippen LogP contribution in [-0.4, -0.2) is 23.0 Å². The summed E-state index contributed by atoms with van der Waals surface area (Å²) < 4.78 is 5.26. The van der Waals surface area contributed by atoms with Gasteiger partial charge in [-0.05, 0) is 48.5 Å². The summed E-state index contributed by atoms with van der Waals surface area (Å²) in [5.41, 5.74) is 4.42. The van der Waals surface area contributed by atoms with Gasteiger partial charge in [-0.2, -0.15) is 0 Å². The lowest BCUT2D eigenvalue weighted by molar-refractivity contribution is 0.0974. The lowest BCUT2D eigenvalue weighted by Crippen LogP contribution is -2.43. The quantitative estimate of drug-likeness (QED) is 0.568. The van der Waals surface area contributed by atoms with Gasteiger partial charge >= 0.3 is 0 Å². The predicted molar refractivity (Wildman–Crippen MR) is 112 cm³/mol. The lowest BCUT2D eigenvalue weighted by Gasteiger charge is -2.37. The van der Waals surface area contributed by atoms with E-state index in [1.54, 1.807) is 18.2 Å². The number of fused-ring (bicyclic) bond motifs is 2. The molecule has 1 aromatic heterocycles. The van der Waals surface area contributed by atoms with Crippen LogP contribution in [0.15, 0.2) is 79.0 Å². The third kappa shape index (κ3) is 2.95. The van der Waals surface area contributed by atoms with E-state index in [4.69, 9.17) is 9.72 Å². The normalized spacial score (nSPS) is 15.7.